The van der Waals surface area contributed by atoms with Gasteiger partial charge in [-0.25, -0.2) is 4.98 Å². The second-order valence-corrected chi connectivity index (χ2v) is 7.33. The second kappa shape index (κ2) is 7.90. The lowest BCUT2D eigenvalue weighted by Gasteiger charge is -2.12. The standard InChI is InChI=1S/C21H20N4O2S/c1-28-16-8-6-15(7-9-16)10-12-22-19(26)14-25-20-17(4-2-11-23-20)24-13-3-5-18(24)21(25)27/h2-9,11,13H,10,12,14H2,1H3,(H,22,26). The molecule has 142 valence electrons. The number of fused-ring (bicyclic) bond motifs is 3. The number of thioether (sulfide) groups is 1. The molecule has 0 atom stereocenters. The normalized spacial score (nSPS) is 11.2. The molecule has 0 bridgehead atoms. The molecule has 1 aromatic carbocycles. The van der Waals surface area contributed by atoms with Crippen LogP contribution in [0.15, 0.2) is 70.6 Å². The highest BCUT2D eigenvalue weighted by Crippen LogP contribution is 2.15. The summed E-state index contributed by atoms with van der Waals surface area (Å²) in [4.78, 5) is 30.8. The van der Waals surface area contributed by atoms with Crippen molar-refractivity contribution in [3.8, 4) is 0 Å². The molecule has 0 aliphatic heterocycles. The molecule has 4 rings (SSSR count). The SMILES string of the molecule is CSc1ccc(CCNC(=O)Cn2c(=O)c3cccn3c3cccnc32)cc1. The second-order valence-electron chi connectivity index (χ2n) is 6.45. The van der Waals surface area contributed by atoms with Crippen LogP contribution in [0.4, 0.5) is 0 Å². The molecule has 0 spiro atoms. The Labute approximate surface area is 166 Å². The van der Waals surface area contributed by atoms with Crippen LogP contribution in [0.3, 0.4) is 0 Å². The maximum absolute atomic E-state index is 12.8. The van der Waals surface area contributed by atoms with Crippen LogP contribution in [0.1, 0.15) is 5.56 Å². The van der Waals surface area contributed by atoms with E-state index in [4.69, 9.17) is 0 Å². The highest BCUT2D eigenvalue weighted by Gasteiger charge is 2.13. The highest BCUT2D eigenvalue weighted by molar-refractivity contribution is 7.98. The summed E-state index contributed by atoms with van der Waals surface area (Å²) in [6.45, 7) is 0.463. The minimum Gasteiger partial charge on any atom is -0.354 e. The van der Waals surface area contributed by atoms with Gasteiger partial charge in [-0.05, 0) is 54.6 Å². The van der Waals surface area contributed by atoms with Crippen LogP contribution >= 0.6 is 11.8 Å². The molecule has 0 aliphatic carbocycles. The maximum Gasteiger partial charge on any atom is 0.276 e. The molecule has 0 saturated heterocycles. The summed E-state index contributed by atoms with van der Waals surface area (Å²) < 4.78 is 3.24. The zero-order valence-electron chi connectivity index (χ0n) is 15.5. The van der Waals surface area contributed by atoms with E-state index in [-0.39, 0.29) is 18.0 Å². The number of hydrogen-bond donors (Lipinski definition) is 1. The summed E-state index contributed by atoms with van der Waals surface area (Å²) >= 11 is 1.70. The number of carbonyl (C=O) groups is 1. The first-order chi connectivity index (χ1) is 13.7. The average molecular weight is 392 g/mol. The Kier molecular flexibility index (Phi) is 5.16. The Bertz CT molecular complexity index is 1190. The molecular formula is C21H20N4O2S. The predicted octanol–water partition coefficient (Wildman–Crippen LogP) is 2.73. The molecule has 28 heavy (non-hydrogen) atoms. The molecule has 3 aromatic heterocycles. The van der Waals surface area contributed by atoms with Crippen molar-refractivity contribution in [1.29, 1.82) is 0 Å². The lowest BCUT2D eigenvalue weighted by atomic mass is 10.1. The van der Waals surface area contributed by atoms with Gasteiger partial charge in [0.1, 0.15) is 12.1 Å². The average Bonchev–Trinajstić information content (AvgIpc) is 3.22. The van der Waals surface area contributed by atoms with Crippen LogP contribution in [0.25, 0.3) is 16.7 Å². The van der Waals surface area contributed by atoms with E-state index in [0.717, 1.165) is 17.5 Å². The Morgan fingerprint density at radius 1 is 1.11 bits per heavy atom. The Balaban J connectivity index is 1.50. The van der Waals surface area contributed by atoms with E-state index in [0.29, 0.717) is 17.7 Å². The third-order valence-corrected chi connectivity index (χ3v) is 5.43. The van der Waals surface area contributed by atoms with Crippen LogP contribution in [0.2, 0.25) is 0 Å². The Morgan fingerprint density at radius 3 is 2.68 bits per heavy atom. The number of aromatic nitrogens is 3. The number of rotatable bonds is 6. The van der Waals surface area contributed by atoms with Gasteiger partial charge in [0.25, 0.3) is 5.56 Å². The van der Waals surface area contributed by atoms with Gasteiger partial charge in [0.15, 0.2) is 5.65 Å². The number of carbonyl (C=O) groups excluding carboxylic acids is 1. The van der Waals surface area contributed by atoms with E-state index < -0.39 is 0 Å². The van der Waals surface area contributed by atoms with Gasteiger partial charge < -0.3 is 9.72 Å². The van der Waals surface area contributed by atoms with E-state index in [1.165, 1.54) is 9.46 Å². The fraction of sp³-hybridized carbons (Fsp3) is 0.190. The van der Waals surface area contributed by atoms with Gasteiger partial charge in [-0.2, -0.15) is 0 Å². The molecule has 4 aromatic rings. The van der Waals surface area contributed by atoms with Crippen LogP contribution in [-0.4, -0.2) is 32.7 Å². The van der Waals surface area contributed by atoms with Crippen LogP contribution in [-0.2, 0) is 17.8 Å². The lowest BCUT2D eigenvalue weighted by Crippen LogP contribution is -2.34. The molecule has 0 fully saturated rings. The van der Waals surface area contributed by atoms with Gasteiger partial charge in [-0.1, -0.05) is 12.1 Å². The summed E-state index contributed by atoms with van der Waals surface area (Å²) in [5, 5.41) is 2.90. The Hall–Kier alpha value is -3.06. The zero-order valence-corrected chi connectivity index (χ0v) is 16.3. The smallest absolute Gasteiger partial charge is 0.276 e. The molecule has 1 N–H and O–H groups in total. The maximum atomic E-state index is 12.8. The largest absolute Gasteiger partial charge is 0.354 e. The molecule has 7 heteroatoms. The number of pyridine rings is 1. The Morgan fingerprint density at radius 2 is 1.89 bits per heavy atom. The minimum atomic E-state index is -0.223. The van der Waals surface area contributed by atoms with Gasteiger partial charge in [-0.15, -0.1) is 11.8 Å². The van der Waals surface area contributed by atoms with Gasteiger partial charge in [0, 0.05) is 23.8 Å². The van der Waals surface area contributed by atoms with Crippen molar-refractivity contribution in [2.45, 2.75) is 17.9 Å². The molecule has 0 radical (unpaired) electrons. The predicted molar refractivity (Wildman–Crippen MR) is 112 cm³/mol. The summed E-state index contributed by atoms with van der Waals surface area (Å²) in [7, 11) is 0. The van der Waals surface area contributed by atoms with Crippen LogP contribution in [0, 0.1) is 0 Å². The first kappa shape index (κ1) is 18.3. The number of nitrogens with zero attached hydrogens (tertiary/aromatic N) is 3. The molecule has 6 nitrogen and oxygen atoms in total. The fourth-order valence-electron chi connectivity index (χ4n) is 3.27. The van der Waals surface area contributed by atoms with E-state index in [1.807, 2.05) is 30.7 Å². The van der Waals surface area contributed by atoms with Crippen molar-refractivity contribution in [3.63, 3.8) is 0 Å². The lowest BCUT2D eigenvalue weighted by molar-refractivity contribution is -0.121. The van der Waals surface area contributed by atoms with Crippen molar-refractivity contribution < 1.29 is 4.79 Å². The summed E-state index contributed by atoms with van der Waals surface area (Å²) in [6, 6.07) is 15.6. The fourth-order valence-corrected chi connectivity index (χ4v) is 3.68. The van der Waals surface area contributed by atoms with Gasteiger partial charge in [0.2, 0.25) is 5.91 Å². The van der Waals surface area contributed by atoms with Crippen molar-refractivity contribution >= 4 is 34.3 Å². The highest BCUT2D eigenvalue weighted by atomic mass is 32.2. The van der Waals surface area contributed by atoms with Crippen molar-refractivity contribution in [2.75, 3.05) is 12.8 Å². The van der Waals surface area contributed by atoms with E-state index in [9.17, 15) is 9.59 Å². The zero-order chi connectivity index (χ0) is 19.5. The summed E-state index contributed by atoms with van der Waals surface area (Å²) in [6.07, 6.45) is 6.24. The molecule has 0 unspecified atom stereocenters. The number of nitrogens with one attached hydrogen (secondary N) is 1. The van der Waals surface area contributed by atoms with Gasteiger partial charge in [-0.3, -0.25) is 14.2 Å². The van der Waals surface area contributed by atoms with Crippen LogP contribution in [0.5, 0.6) is 0 Å². The summed E-state index contributed by atoms with van der Waals surface area (Å²) in [5.41, 5.74) is 2.76. The van der Waals surface area contributed by atoms with E-state index >= 15 is 0 Å². The molecule has 1 amide bonds. The third kappa shape index (κ3) is 3.53. The first-order valence-corrected chi connectivity index (χ1v) is 10.2. The van der Waals surface area contributed by atoms with Gasteiger partial charge >= 0.3 is 0 Å². The first-order valence-electron chi connectivity index (χ1n) is 9.01. The molecular weight excluding hydrogens is 372 g/mol. The van der Waals surface area contributed by atoms with Crippen molar-refractivity contribution in [2.24, 2.45) is 0 Å². The van der Waals surface area contributed by atoms with Gasteiger partial charge in [0.05, 0.1) is 5.52 Å². The summed E-state index contributed by atoms with van der Waals surface area (Å²) in [5.74, 6) is -0.203. The monoisotopic (exact) mass is 392 g/mol. The number of benzene rings is 1. The van der Waals surface area contributed by atoms with Crippen LogP contribution < -0.4 is 10.9 Å². The quantitative estimate of drug-likeness (QED) is 0.513. The number of hydrogen-bond acceptors (Lipinski definition) is 4. The van der Waals surface area contributed by atoms with Crippen molar-refractivity contribution in [1.82, 2.24) is 19.3 Å². The minimum absolute atomic E-state index is 0.0561. The third-order valence-electron chi connectivity index (χ3n) is 4.69. The topological polar surface area (TPSA) is 68.4 Å². The molecule has 0 saturated carbocycles. The number of amides is 1. The molecule has 3 heterocycles. The van der Waals surface area contributed by atoms with Crippen molar-refractivity contribution in [3.05, 3.63) is 76.8 Å². The molecule has 0 aliphatic rings. The van der Waals surface area contributed by atoms with E-state index in [1.54, 1.807) is 28.4 Å². The van der Waals surface area contributed by atoms with E-state index in [2.05, 4.69) is 34.6 Å².